The SMILES string of the molecule is O=COC(=O)N(c1ccccc1[N+](=O)[O-])C1CC1. The molecular weight excluding hydrogens is 240 g/mol. The van der Waals surface area contributed by atoms with Crippen LogP contribution in [0.2, 0.25) is 0 Å². The molecule has 7 heteroatoms. The van der Waals surface area contributed by atoms with Crippen LogP contribution in [0.4, 0.5) is 16.2 Å². The standard InChI is InChI=1S/C11H10N2O5/c14-7-18-11(15)12(8-5-6-8)9-3-1-2-4-10(9)13(16)17/h1-4,7-8H,5-6H2. The van der Waals surface area contributed by atoms with Gasteiger partial charge in [0.05, 0.1) is 4.92 Å². The maximum absolute atomic E-state index is 11.6. The summed E-state index contributed by atoms with van der Waals surface area (Å²) in [6.45, 7) is 0.0203. The summed E-state index contributed by atoms with van der Waals surface area (Å²) >= 11 is 0. The number of carbonyl (C=O) groups excluding carboxylic acids is 2. The van der Waals surface area contributed by atoms with Gasteiger partial charge in [0, 0.05) is 12.1 Å². The predicted molar refractivity (Wildman–Crippen MR) is 61.1 cm³/mol. The minimum atomic E-state index is -0.887. The van der Waals surface area contributed by atoms with Crippen molar-refractivity contribution in [2.45, 2.75) is 18.9 Å². The number of carbonyl (C=O) groups is 2. The molecule has 7 nitrogen and oxygen atoms in total. The van der Waals surface area contributed by atoms with Crippen LogP contribution >= 0.6 is 0 Å². The van der Waals surface area contributed by atoms with Crippen molar-refractivity contribution in [2.24, 2.45) is 0 Å². The summed E-state index contributed by atoms with van der Waals surface area (Å²) in [7, 11) is 0. The number of anilines is 1. The Hall–Kier alpha value is -2.44. The fourth-order valence-corrected chi connectivity index (χ4v) is 1.70. The van der Waals surface area contributed by atoms with Gasteiger partial charge >= 0.3 is 12.6 Å². The highest BCUT2D eigenvalue weighted by Crippen LogP contribution is 2.37. The summed E-state index contributed by atoms with van der Waals surface area (Å²) < 4.78 is 4.28. The first-order valence-electron chi connectivity index (χ1n) is 5.32. The summed E-state index contributed by atoms with van der Waals surface area (Å²) in [5.41, 5.74) is -0.0379. The van der Waals surface area contributed by atoms with Crippen LogP contribution in [0, 0.1) is 10.1 Å². The van der Waals surface area contributed by atoms with Gasteiger partial charge in [-0.05, 0) is 18.9 Å². The minimum Gasteiger partial charge on any atom is -0.378 e. The smallest absolute Gasteiger partial charge is 0.378 e. The molecule has 94 valence electrons. The summed E-state index contributed by atoms with van der Waals surface area (Å²) in [6.07, 6.45) is 0.585. The van der Waals surface area contributed by atoms with Gasteiger partial charge in [-0.2, -0.15) is 0 Å². The molecule has 2 rings (SSSR count). The molecule has 1 amide bonds. The van der Waals surface area contributed by atoms with Crippen LogP contribution in [0.15, 0.2) is 24.3 Å². The number of nitro benzene ring substituents is 1. The zero-order valence-electron chi connectivity index (χ0n) is 9.31. The lowest BCUT2D eigenvalue weighted by Crippen LogP contribution is -2.33. The number of para-hydroxylation sites is 2. The highest BCUT2D eigenvalue weighted by molar-refractivity contribution is 5.94. The van der Waals surface area contributed by atoms with Gasteiger partial charge in [-0.3, -0.25) is 19.8 Å². The normalized spacial score (nSPS) is 13.8. The summed E-state index contributed by atoms with van der Waals surface area (Å²) in [5.74, 6) is 0. The van der Waals surface area contributed by atoms with E-state index < -0.39 is 11.0 Å². The maximum atomic E-state index is 11.6. The molecule has 0 heterocycles. The second-order valence-corrected chi connectivity index (χ2v) is 3.83. The van der Waals surface area contributed by atoms with E-state index in [2.05, 4.69) is 4.74 Å². The van der Waals surface area contributed by atoms with Gasteiger partial charge in [-0.1, -0.05) is 12.1 Å². The Kier molecular flexibility index (Phi) is 3.22. The number of nitrogens with zero attached hydrogens (tertiary/aromatic N) is 2. The fourth-order valence-electron chi connectivity index (χ4n) is 1.70. The number of hydrogen-bond donors (Lipinski definition) is 0. The van der Waals surface area contributed by atoms with Crippen LogP contribution in [0.25, 0.3) is 0 Å². The maximum Gasteiger partial charge on any atom is 0.422 e. The largest absolute Gasteiger partial charge is 0.422 e. The number of ether oxygens (including phenoxy) is 1. The van der Waals surface area contributed by atoms with Crippen molar-refractivity contribution in [3.05, 3.63) is 34.4 Å². The average molecular weight is 250 g/mol. The van der Waals surface area contributed by atoms with Crippen LogP contribution in [0.3, 0.4) is 0 Å². The van der Waals surface area contributed by atoms with Crippen molar-refractivity contribution in [3.63, 3.8) is 0 Å². The van der Waals surface area contributed by atoms with Gasteiger partial charge in [0.25, 0.3) is 5.69 Å². The predicted octanol–water partition coefficient (Wildman–Crippen LogP) is 1.86. The van der Waals surface area contributed by atoms with Crippen molar-refractivity contribution < 1.29 is 19.2 Å². The van der Waals surface area contributed by atoms with E-state index >= 15 is 0 Å². The summed E-state index contributed by atoms with van der Waals surface area (Å²) in [4.78, 5) is 33.4. The van der Waals surface area contributed by atoms with E-state index in [-0.39, 0.29) is 23.9 Å². The van der Waals surface area contributed by atoms with Gasteiger partial charge in [0.2, 0.25) is 0 Å². The number of rotatable bonds is 4. The van der Waals surface area contributed by atoms with Crippen LogP contribution < -0.4 is 4.90 Å². The Labute approximate surface area is 102 Å². The third-order valence-electron chi connectivity index (χ3n) is 2.60. The van der Waals surface area contributed by atoms with Crippen LogP contribution in [-0.2, 0) is 9.53 Å². The molecule has 18 heavy (non-hydrogen) atoms. The lowest BCUT2D eigenvalue weighted by molar-refractivity contribution is -0.384. The Balaban J connectivity index is 2.39. The molecule has 0 spiro atoms. The molecule has 0 radical (unpaired) electrons. The first-order valence-corrected chi connectivity index (χ1v) is 5.32. The van der Waals surface area contributed by atoms with Gasteiger partial charge in [0.15, 0.2) is 0 Å². The molecule has 0 unspecified atom stereocenters. The van der Waals surface area contributed by atoms with Crippen molar-refractivity contribution in [1.29, 1.82) is 0 Å². The van der Waals surface area contributed by atoms with Crippen molar-refractivity contribution in [1.82, 2.24) is 0 Å². The van der Waals surface area contributed by atoms with Gasteiger partial charge in [-0.25, -0.2) is 4.79 Å². The lowest BCUT2D eigenvalue weighted by atomic mass is 10.2. The Bertz CT molecular complexity index is 498. The molecule has 1 aromatic rings. The van der Waals surface area contributed by atoms with E-state index in [0.717, 1.165) is 17.7 Å². The molecule has 0 atom stereocenters. The highest BCUT2D eigenvalue weighted by atomic mass is 16.6. The molecular formula is C11H10N2O5. The van der Waals surface area contributed by atoms with E-state index in [1.54, 1.807) is 6.07 Å². The Morgan fingerprint density at radius 1 is 1.44 bits per heavy atom. The molecule has 1 aliphatic rings. The number of amides is 1. The van der Waals surface area contributed by atoms with E-state index in [0.29, 0.717) is 0 Å². The van der Waals surface area contributed by atoms with Gasteiger partial charge in [0.1, 0.15) is 5.69 Å². The van der Waals surface area contributed by atoms with Crippen LogP contribution in [-0.4, -0.2) is 23.5 Å². The second kappa shape index (κ2) is 4.82. The molecule has 0 aromatic heterocycles. The van der Waals surface area contributed by atoms with Crippen molar-refractivity contribution >= 4 is 23.9 Å². The number of hydrogen-bond acceptors (Lipinski definition) is 5. The molecule has 1 aromatic carbocycles. The highest BCUT2D eigenvalue weighted by Gasteiger charge is 2.38. The van der Waals surface area contributed by atoms with E-state index in [4.69, 9.17) is 0 Å². The average Bonchev–Trinajstić information content (AvgIpc) is 3.14. The topological polar surface area (TPSA) is 89.8 Å². The zero-order valence-corrected chi connectivity index (χ0v) is 9.31. The van der Waals surface area contributed by atoms with Crippen LogP contribution in [0.5, 0.6) is 0 Å². The van der Waals surface area contributed by atoms with E-state index in [1.165, 1.54) is 18.2 Å². The third kappa shape index (κ3) is 2.29. The lowest BCUT2D eigenvalue weighted by Gasteiger charge is -2.19. The van der Waals surface area contributed by atoms with Crippen LogP contribution in [0.1, 0.15) is 12.8 Å². The molecule has 0 saturated heterocycles. The van der Waals surface area contributed by atoms with E-state index in [9.17, 15) is 19.7 Å². The van der Waals surface area contributed by atoms with Crippen molar-refractivity contribution in [2.75, 3.05) is 4.90 Å². The first-order chi connectivity index (χ1) is 8.65. The van der Waals surface area contributed by atoms with Gasteiger partial charge in [-0.15, -0.1) is 0 Å². The minimum absolute atomic E-state index is 0.0203. The Morgan fingerprint density at radius 2 is 2.11 bits per heavy atom. The molecule has 0 N–H and O–H groups in total. The summed E-state index contributed by atoms with van der Waals surface area (Å²) in [6, 6.07) is 5.73. The third-order valence-corrected chi connectivity index (χ3v) is 2.60. The zero-order chi connectivity index (χ0) is 13.1. The summed E-state index contributed by atoms with van der Waals surface area (Å²) in [5, 5.41) is 10.9. The molecule has 0 bridgehead atoms. The number of nitro groups is 1. The quantitative estimate of drug-likeness (QED) is 0.352. The number of benzene rings is 1. The second-order valence-electron chi connectivity index (χ2n) is 3.83. The molecule has 1 saturated carbocycles. The molecule has 1 fully saturated rings. The van der Waals surface area contributed by atoms with Crippen molar-refractivity contribution in [3.8, 4) is 0 Å². The Morgan fingerprint density at radius 3 is 2.67 bits per heavy atom. The van der Waals surface area contributed by atoms with E-state index in [1.807, 2.05) is 0 Å². The molecule has 1 aliphatic carbocycles. The fraction of sp³-hybridized carbons (Fsp3) is 0.273. The van der Waals surface area contributed by atoms with Gasteiger partial charge < -0.3 is 4.74 Å². The molecule has 0 aliphatic heterocycles. The monoisotopic (exact) mass is 250 g/mol. The first kappa shape index (κ1) is 12.0.